The van der Waals surface area contributed by atoms with E-state index in [4.69, 9.17) is 9.47 Å². The van der Waals surface area contributed by atoms with Crippen molar-refractivity contribution < 1.29 is 9.47 Å². The van der Waals surface area contributed by atoms with Gasteiger partial charge in [-0.3, -0.25) is 0 Å². The van der Waals surface area contributed by atoms with Crippen LogP contribution < -0.4 is 19.3 Å². The van der Waals surface area contributed by atoms with Crippen LogP contribution in [0.5, 0.6) is 11.5 Å². The van der Waals surface area contributed by atoms with Crippen molar-refractivity contribution in [3.8, 4) is 11.5 Å². The SMILES string of the molecule is Cc1cc2c3c(c1)N(c1ccccc1)c1ccc4c(c1C3c1ccccc1N2c1ccccc1)OCCCO4. The fourth-order valence-electron chi connectivity index (χ4n) is 6.51. The number of para-hydroxylation sites is 3. The maximum atomic E-state index is 6.53. The minimum absolute atomic E-state index is 0.0124. The summed E-state index contributed by atoms with van der Waals surface area (Å²) in [5, 5.41) is 0. The summed E-state index contributed by atoms with van der Waals surface area (Å²) in [6.45, 7) is 3.51. The Bertz CT molecular complexity index is 1700. The highest BCUT2D eigenvalue weighted by Crippen LogP contribution is 2.63. The van der Waals surface area contributed by atoms with E-state index in [9.17, 15) is 0 Å². The summed E-state index contributed by atoms with van der Waals surface area (Å²) < 4.78 is 12.8. The lowest BCUT2D eigenvalue weighted by Gasteiger charge is -2.45. The van der Waals surface area contributed by atoms with E-state index in [0.717, 1.165) is 35.0 Å². The number of ether oxygens (including phenoxy) is 2. The zero-order chi connectivity index (χ0) is 25.9. The summed E-state index contributed by atoms with van der Waals surface area (Å²) >= 11 is 0. The Balaban J connectivity index is 1.51. The molecule has 5 aromatic rings. The Kier molecular flexibility index (Phi) is 4.96. The van der Waals surface area contributed by atoms with Gasteiger partial charge < -0.3 is 19.3 Å². The van der Waals surface area contributed by atoms with Gasteiger partial charge in [0.2, 0.25) is 0 Å². The number of benzene rings is 5. The predicted octanol–water partition coefficient (Wildman–Crippen LogP) is 8.90. The van der Waals surface area contributed by atoms with Crippen LogP contribution in [0.3, 0.4) is 0 Å². The minimum atomic E-state index is 0.0124. The number of rotatable bonds is 2. The largest absolute Gasteiger partial charge is 0.490 e. The monoisotopic (exact) mass is 508 g/mol. The first-order valence-electron chi connectivity index (χ1n) is 13.7. The standard InChI is InChI=1S/C35H28N2O2/c1-23-21-29-33-30(22-23)37(25-13-6-3-7-14-25)28-17-18-31-35(39-20-10-19-38-31)34(28)32(33)26-15-8-9-16-27(26)36(29)24-11-4-2-5-12-24/h2-9,11-18,21-22,32H,10,19-20H2,1H3. The lowest BCUT2D eigenvalue weighted by atomic mass is 9.75. The molecule has 4 heteroatoms. The topological polar surface area (TPSA) is 24.9 Å². The minimum Gasteiger partial charge on any atom is -0.490 e. The van der Waals surface area contributed by atoms with Gasteiger partial charge in [0.05, 0.1) is 36.0 Å². The summed E-state index contributed by atoms with van der Waals surface area (Å²) in [5.41, 5.74) is 12.0. The number of hydrogen-bond donors (Lipinski definition) is 0. The smallest absolute Gasteiger partial charge is 0.167 e. The molecule has 0 saturated heterocycles. The summed E-state index contributed by atoms with van der Waals surface area (Å²) in [6, 6.07) is 39.2. The van der Waals surface area contributed by atoms with E-state index in [-0.39, 0.29) is 5.92 Å². The molecule has 5 aromatic carbocycles. The highest BCUT2D eigenvalue weighted by Gasteiger charge is 2.43. The Labute approximate surface area is 228 Å². The quantitative estimate of drug-likeness (QED) is 0.233. The van der Waals surface area contributed by atoms with Crippen molar-refractivity contribution in [2.24, 2.45) is 0 Å². The molecule has 190 valence electrons. The zero-order valence-corrected chi connectivity index (χ0v) is 21.8. The summed E-state index contributed by atoms with van der Waals surface area (Å²) in [5.74, 6) is 1.72. The van der Waals surface area contributed by atoms with Crippen molar-refractivity contribution in [2.75, 3.05) is 23.0 Å². The van der Waals surface area contributed by atoms with Crippen LogP contribution in [0.2, 0.25) is 0 Å². The van der Waals surface area contributed by atoms with Gasteiger partial charge in [-0.15, -0.1) is 0 Å². The van der Waals surface area contributed by atoms with Gasteiger partial charge in [-0.05, 0) is 72.6 Å². The van der Waals surface area contributed by atoms with Crippen LogP contribution in [-0.4, -0.2) is 13.2 Å². The third kappa shape index (κ3) is 3.31. The molecule has 3 aliphatic rings. The molecule has 39 heavy (non-hydrogen) atoms. The van der Waals surface area contributed by atoms with Crippen molar-refractivity contribution in [3.05, 3.63) is 131 Å². The van der Waals surface area contributed by atoms with Crippen molar-refractivity contribution in [3.63, 3.8) is 0 Å². The Morgan fingerprint density at radius 3 is 1.92 bits per heavy atom. The molecule has 4 nitrogen and oxygen atoms in total. The highest BCUT2D eigenvalue weighted by atomic mass is 16.5. The lowest BCUT2D eigenvalue weighted by molar-refractivity contribution is 0.296. The van der Waals surface area contributed by atoms with Gasteiger partial charge in [0.15, 0.2) is 11.5 Å². The average molecular weight is 509 g/mol. The third-order valence-corrected chi connectivity index (χ3v) is 8.03. The molecule has 0 fully saturated rings. The van der Waals surface area contributed by atoms with E-state index in [1.54, 1.807) is 0 Å². The second-order valence-electron chi connectivity index (χ2n) is 10.4. The van der Waals surface area contributed by atoms with Crippen LogP contribution in [0.4, 0.5) is 34.1 Å². The van der Waals surface area contributed by atoms with E-state index in [2.05, 4.69) is 126 Å². The van der Waals surface area contributed by atoms with Gasteiger partial charge in [-0.25, -0.2) is 0 Å². The Morgan fingerprint density at radius 1 is 0.590 bits per heavy atom. The molecule has 0 amide bonds. The van der Waals surface area contributed by atoms with E-state index in [0.29, 0.717) is 13.2 Å². The fraction of sp³-hybridized carbons (Fsp3) is 0.143. The van der Waals surface area contributed by atoms with Gasteiger partial charge >= 0.3 is 0 Å². The maximum Gasteiger partial charge on any atom is 0.167 e. The van der Waals surface area contributed by atoms with E-state index in [1.165, 1.54) is 39.3 Å². The van der Waals surface area contributed by atoms with Crippen LogP contribution in [0, 0.1) is 6.92 Å². The molecule has 0 N–H and O–H groups in total. The van der Waals surface area contributed by atoms with Crippen molar-refractivity contribution >= 4 is 34.1 Å². The molecule has 1 atom stereocenters. The van der Waals surface area contributed by atoms with Crippen LogP contribution in [0.15, 0.2) is 109 Å². The number of fused-ring (bicyclic) bond motifs is 6. The van der Waals surface area contributed by atoms with Gasteiger partial charge in [0.1, 0.15) is 0 Å². The van der Waals surface area contributed by atoms with E-state index < -0.39 is 0 Å². The predicted molar refractivity (Wildman–Crippen MR) is 157 cm³/mol. The average Bonchev–Trinajstić information content (AvgIpc) is 3.23. The molecule has 0 aromatic heterocycles. The van der Waals surface area contributed by atoms with Gasteiger partial charge in [-0.2, -0.15) is 0 Å². The summed E-state index contributed by atoms with van der Waals surface area (Å²) in [6.07, 6.45) is 0.871. The molecule has 0 saturated carbocycles. The second-order valence-corrected chi connectivity index (χ2v) is 10.4. The van der Waals surface area contributed by atoms with Crippen molar-refractivity contribution in [2.45, 2.75) is 19.3 Å². The molecular formula is C35H28N2O2. The van der Waals surface area contributed by atoms with Crippen LogP contribution in [-0.2, 0) is 0 Å². The molecule has 8 rings (SSSR count). The van der Waals surface area contributed by atoms with Gasteiger partial charge in [0.25, 0.3) is 0 Å². The fourth-order valence-corrected chi connectivity index (χ4v) is 6.51. The highest BCUT2D eigenvalue weighted by molar-refractivity contribution is 5.97. The number of anilines is 6. The zero-order valence-electron chi connectivity index (χ0n) is 21.8. The molecule has 1 unspecified atom stereocenters. The van der Waals surface area contributed by atoms with Crippen molar-refractivity contribution in [1.82, 2.24) is 0 Å². The van der Waals surface area contributed by atoms with Crippen LogP contribution in [0.25, 0.3) is 0 Å². The Hall–Kier alpha value is -4.70. The first-order chi connectivity index (χ1) is 19.3. The van der Waals surface area contributed by atoms with Crippen LogP contribution in [0.1, 0.15) is 34.6 Å². The molecule has 0 spiro atoms. The summed E-state index contributed by atoms with van der Waals surface area (Å²) in [4.78, 5) is 4.83. The maximum absolute atomic E-state index is 6.53. The van der Waals surface area contributed by atoms with Crippen molar-refractivity contribution in [1.29, 1.82) is 0 Å². The lowest BCUT2D eigenvalue weighted by Crippen LogP contribution is -2.29. The normalized spacial score (nSPS) is 16.6. The molecular weight excluding hydrogens is 480 g/mol. The third-order valence-electron chi connectivity index (χ3n) is 8.03. The molecule has 0 radical (unpaired) electrons. The van der Waals surface area contributed by atoms with Gasteiger partial charge in [0, 0.05) is 34.8 Å². The molecule has 3 aliphatic heterocycles. The summed E-state index contributed by atoms with van der Waals surface area (Å²) in [7, 11) is 0. The molecule has 0 bridgehead atoms. The van der Waals surface area contributed by atoms with E-state index >= 15 is 0 Å². The number of nitrogens with zero attached hydrogens (tertiary/aromatic N) is 2. The van der Waals surface area contributed by atoms with Crippen LogP contribution >= 0.6 is 0 Å². The number of aryl methyl sites for hydroxylation is 1. The van der Waals surface area contributed by atoms with E-state index in [1.807, 2.05) is 0 Å². The molecule has 0 aliphatic carbocycles. The first kappa shape index (κ1) is 22.3. The Morgan fingerprint density at radius 2 is 1.21 bits per heavy atom. The number of hydrogen-bond acceptors (Lipinski definition) is 4. The first-order valence-corrected chi connectivity index (χ1v) is 13.7. The van der Waals surface area contributed by atoms with Gasteiger partial charge in [-0.1, -0.05) is 54.6 Å². The molecule has 3 heterocycles. The second kappa shape index (κ2) is 8.67.